The number of benzene rings is 1. The maximum absolute atomic E-state index is 11.9. The third-order valence-electron chi connectivity index (χ3n) is 3.45. The number of likely N-dealkylation sites (N-methyl/N-ethyl adjacent to an activating group) is 1. The van der Waals surface area contributed by atoms with E-state index in [4.69, 9.17) is 4.42 Å². The molecule has 0 saturated heterocycles. The molecule has 1 aromatic heterocycles. The van der Waals surface area contributed by atoms with Crippen LogP contribution in [0.5, 0.6) is 0 Å². The van der Waals surface area contributed by atoms with Gasteiger partial charge in [-0.25, -0.2) is 0 Å². The minimum Gasteiger partial charge on any atom is -0.459 e. The molecule has 1 aromatic carbocycles. The van der Waals surface area contributed by atoms with Gasteiger partial charge in [-0.3, -0.25) is 9.59 Å². The summed E-state index contributed by atoms with van der Waals surface area (Å²) in [7, 11) is 3.92. The van der Waals surface area contributed by atoms with E-state index in [9.17, 15) is 9.59 Å². The molecule has 2 N–H and O–H groups in total. The zero-order valence-corrected chi connectivity index (χ0v) is 13.3. The van der Waals surface area contributed by atoms with Gasteiger partial charge in [-0.15, -0.1) is 0 Å². The fraction of sp³-hybridized carbons (Fsp3) is 0.294. The summed E-state index contributed by atoms with van der Waals surface area (Å²) in [4.78, 5) is 25.6. The third kappa shape index (κ3) is 4.96. The van der Waals surface area contributed by atoms with Crippen molar-refractivity contribution in [3.8, 4) is 0 Å². The average Bonchev–Trinajstić information content (AvgIpc) is 3.08. The Morgan fingerprint density at radius 3 is 2.43 bits per heavy atom. The van der Waals surface area contributed by atoms with Crippen molar-refractivity contribution in [2.75, 3.05) is 27.2 Å². The van der Waals surface area contributed by atoms with E-state index in [0.29, 0.717) is 6.54 Å². The van der Waals surface area contributed by atoms with Crippen LogP contribution in [-0.4, -0.2) is 43.9 Å². The zero-order valence-electron chi connectivity index (χ0n) is 13.3. The van der Waals surface area contributed by atoms with Gasteiger partial charge in [0.15, 0.2) is 5.76 Å². The highest BCUT2D eigenvalue weighted by atomic mass is 16.3. The second-order valence-corrected chi connectivity index (χ2v) is 5.35. The summed E-state index contributed by atoms with van der Waals surface area (Å²) in [6.07, 6.45) is 1.41. The van der Waals surface area contributed by atoms with Crippen LogP contribution in [0.1, 0.15) is 22.2 Å². The Labute approximate surface area is 135 Å². The molecule has 0 unspecified atom stereocenters. The monoisotopic (exact) mass is 315 g/mol. The molecule has 0 fully saturated rings. The summed E-state index contributed by atoms with van der Waals surface area (Å²) in [6, 6.07) is 13.2. The number of carbonyl (C=O) groups excluding carboxylic acids is 2. The summed E-state index contributed by atoms with van der Waals surface area (Å²) < 4.78 is 4.96. The molecule has 0 radical (unpaired) electrons. The van der Waals surface area contributed by atoms with Gasteiger partial charge >= 0.3 is 0 Å². The Bertz CT molecular complexity index is 624. The minimum atomic E-state index is -0.405. The molecular weight excluding hydrogens is 294 g/mol. The normalized spacial score (nSPS) is 12.0. The highest BCUT2D eigenvalue weighted by Crippen LogP contribution is 2.16. The van der Waals surface area contributed by atoms with Gasteiger partial charge in [0.1, 0.15) is 0 Å². The van der Waals surface area contributed by atoms with E-state index in [1.165, 1.54) is 6.26 Å². The fourth-order valence-corrected chi connectivity index (χ4v) is 2.20. The molecule has 1 heterocycles. The SMILES string of the molecule is CN(C)[C@@H](CNC(=O)CNC(=O)c1ccco1)c1ccccc1. The lowest BCUT2D eigenvalue weighted by molar-refractivity contribution is -0.120. The van der Waals surface area contributed by atoms with Crippen LogP contribution in [0.15, 0.2) is 53.1 Å². The van der Waals surface area contributed by atoms with E-state index in [1.54, 1.807) is 12.1 Å². The van der Waals surface area contributed by atoms with Crippen LogP contribution in [-0.2, 0) is 4.79 Å². The van der Waals surface area contributed by atoms with Crippen LogP contribution in [0.3, 0.4) is 0 Å². The van der Waals surface area contributed by atoms with Crippen molar-refractivity contribution < 1.29 is 14.0 Å². The van der Waals surface area contributed by atoms with Gasteiger partial charge in [0, 0.05) is 6.54 Å². The molecule has 2 amide bonds. The summed E-state index contributed by atoms with van der Waals surface area (Å²) in [5.74, 6) is -0.460. The summed E-state index contributed by atoms with van der Waals surface area (Å²) >= 11 is 0. The number of rotatable bonds is 7. The van der Waals surface area contributed by atoms with Crippen LogP contribution in [0.4, 0.5) is 0 Å². The molecular formula is C17H21N3O3. The molecule has 6 heteroatoms. The van der Waals surface area contributed by atoms with E-state index >= 15 is 0 Å². The smallest absolute Gasteiger partial charge is 0.287 e. The van der Waals surface area contributed by atoms with Crippen LogP contribution in [0.25, 0.3) is 0 Å². The molecule has 0 aliphatic rings. The Hall–Kier alpha value is -2.60. The summed E-state index contributed by atoms with van der Waals surface area (Å²) in [6.45, 7) is 0.376. The molecule has 122 valence electrons. The topological polar surface area (TPSA) is 74.6 Å². The van der Waals surface area contributed by atoms with E-state index in [1.807, 2.05) is 49.3 Å². The van der Waals surface area contributed by atoms with Crippen molar-refractivity contribution in [3.05, 3.63) is 60.1 Å². The Balaban J connectivity index is 1.81. The van der Waals surface area contributed by atoms with E-state index in [-0.39, 0.29) is 24.3 Å². The van der Waals surface area contributed by atoms with Gasteiger partial charge in [-0.2, -0.15) is 0 Å². The molecule has 0 aliphatic carbocycles. The first-order valence-corrected chi connectivity index (χ1v) is 7.37. The molecule has 2 rings (SSSR count). The van der Waals surface area contributed by atoms with Crippen LogP contribution in [0, 0.1) is 0 Å². The Morgan fingerprint density at radius 1 is 1.09 bits per heavy atom. The number of hydrogen-bond donors (Lipinski definition) is 2. The first-order chi connectivity index (χ1) is 11.1. The van der Waals surface area contributed by atoms with Crippen LogP contribution in [0.2, 0.25) is 0 Å². The number of furan rings is 1. The first kappa shape index (κ1) is 16.8. The number of carbonyl (C=O) groups is 2. The predicted octanol–water partition coefficient (Wildman–Crippen LogP) is 1.43. The number of nitrogens with zero attached hydrogens (tertiary/aromatic N) is 1. The molecule has 2 aromatic rings. The van der Waals surface area contributed by atoms with Gasteiger partial charge in [-0.05, 0) is 31.8 Å². The quantitative estimate of drug-likeness (QED) is 0.810. The second-order valence-electron chi connectivity index (χ2n) is 5.35. The molecule has 0 aliphatic heterocycles. The summed E-state index contributed by atoms with van der Waals surface area (Å²) in [5.41, 5.74) is 1.12. The molecule has 0 spiro atoms. The zero-order chi connectivity index (χ0) is 16.7. The standard InChI is InChI=1S/C17H21N3O3/c1-20(2)14(13-7-4-3-5-8-13)11-18-16(21)12-19-17(22)15-9-6-10-23-15/h3-10,14H,11-12H2,1-2H3,(H,18,21)(H,19,22)/t14-/m0/s1. The average molecular weight is 315 g/mol. The van der Waals surface area contributed by atoms with Crippen molar-refractivity contribution in [3.63, 3.8) is 0 Å². The van der Waals surface area contributed by atoms with Crippen LogP contribution >= 0.6 is 0 Å². The number of nitrogens with one attached hydrogen (secondary N) is 2. The molecule has 1 atom stereocenters. The van der Waals surface area contributed by atoms with Gasteiger partial charge in [0.05, 0.1) is 18.8 Å². The van der Waals surface area contributed by atoms with Gasteiger partial charge in [0.25, 0.3) is 5.91 Å². The van der Waals surface area contributed by atoms with Crippen molar-refractivity contribution >= 4 is 11.8 Å². The van der Waals surface area contributed by atoms with Crippen molar-refractivity contribution in [2.45, 2.75) is 6.04 Å². The lowest BCUT2D eigenvalue weighted by Gasteiger charge is -2.25. The lowest BCUT2D eigenvalue weighted by Crippen LogP contribution is -2.40. The highest BCUT2D eigenvalue weighted by Gasteiger charge is 2.15. The molecule has 0 saturated carbocycles. The van der Waals surface area contributed by atoms with E-state index < -0.39 is 5.91 Å². The fourth-order valence-electron chi connectivity index (χ4n) is 2.20. The highest BCUT2D eigenvalue weighted by molar-refractivity contribution is 5.94. The molecule has 0 bridgehead atoms. The second kappa shape index (κ2) is 8.14. The lowest BCUT2D eigenvalue weighted by atomic mass is 10.1. The summed E-state index contributed by atoms with van der Waals surface area (Å²) in [5, 5.41) is 5.36. The maximum Gasteiger partial charge on any atom is 0.287 e. The van der Waals surface area contributed by atoms with E-state index in [2.05, 4.69) is 10.6 Å². The first-order valence-electron chi connectivity index (χ1n) is 7.37. The number of hydrogen-bond acceptors (Lipinski definition) is 4. The number of amides is 2. The third-order valence-corrected chi connectivity index (χ3v) is 3.45. The van der Waals surface area contributed by atoms with Gasteiger partial charge in [0.2, 0.25) is 5.91 Å². The van der Waals surface area contributed by atoms with Gasteiger partial charge in [-0.1, -0.05) is 30.3 Å². The Morgan fingerprint density at radius 2 is 1.83 bits per heavy atom. The predicted molar refractivity (Wildman–Crippen MR) is 86.9 cm³/mol. The van der Waals surface area contributed by atoms with Crippen molar-refractivity contribution in [1.82, 2.24) is 15.5 Å². The van der Waals surface area contributed by atoms with E-state index in [0.717, 1.165) is 5.56 Å². The molecule has 6 nitrogen and oxygen atoms in total. The molecule has 23 heavy (non-hydrogen) atoms. The maximum atomic E-state index is 11.9. The van der Waals surface area contributed by atoms with Gasteiger partial charge < -0.3 is 20.0 Å². The minimum absolute atomic E-state index is 0.0703. The van der Waals surface area contributed by atoms with Crippen molar-refractivity contribution in [1.29, 1.82) is 0 Å². The Kier molecular flexibility index (Phi) is 5.94. The van der Waals surface area contributed by atoms with Crippen LogP contribution < -0.4 is 10.6 Å². The largest absolute Gasteiger partial charge is 0.459 e. The van der Waals surface area contributed by atoms with Crippen molar-refractivity contribution in [2.24, 2.45) is 0 Å².